The summed E-state index contributed by atoms with van der Waals surface area (Å²) in [5, 5.41) is 0. The van der Waals surface area contributed by atoms with Gasteiger partial charge in [-0.25, -0.2) is 0 Å². The summed E-state index contributed by atoms with van der Waals surface area (Å²) in [6.07, 6.45) is 9.15. The number of ether oxygens (including phenoxy) is 1. The second-order valence-corrected chi connectivity index (χ2v) is 3.40. The quantitative estimate of drug-likeness (QED) is 0.492. The van der Waals surface area contributed by atoms with E-state index in [1.54, 1.807) is 0 Å². The minimum absolute atomic E-state index is 0.208. The Bertz CT molecular complexity index is 219. The second-order valence-electron chi connectivity index (χ2n) is 3.40. The highest BCUT2D eigenvalue weighted by molar-refractivity contribution is 5.44. The van der Waals surface area contributed by atoms with E-state index in [-0.39, 0.29) is 5.60 Å². The third-order valence-electron chi connectivity index (χ3n) is 3.25. The number of methoxy groups -OCH3 is 1. The van der Waals surface area contributed by atoms with Crippen LogP contribution in [0.3, 0.4) is 0 Å². The van der Waals surface area contributed by atoms with E-state index in [2.05, 4.69) is 24.3 Å². The van der Waals surface area contributed by atoms with Crippen molar-refractivity contribution >= 4 is 0 Å². The zero-order valence-electron chi connectivity index (χ0n) is 5.95. The standard InChI is InChI=1S/C9H10O/c1-10-9-6-2-4-7(9)8(9)5-3-6/h2-8H,1H3. The maximum atomic E-state index is 5.53. The maximum absolute atomic E-state index is 5.53. The van der Waals surface area contributed by atoms with E-state index in [1.165, 1.54) is 0 Å². The first-order valence-corrected chi connectivity index (χ1v) is 3.81. The Morgan fingerprint density at radius 1 is 1.10 bits per heavy atom. The highest BCUT2D eigenvalue weighted by Crippen LogP contribution is 2.66. The van der Waals surface area contributed by atoms with E-state index in [4.69, 9.17) is 4.74 Å². The summed E-state index contributed by atoms with van der Waals surface area (Å²) in [6.45, 7) is 0. The lowest BCUT2D eigenvalue weighted by Crippen LogP contribution is -2.20. The van der Waals surface area contributed by atoms with Crippen molar-refractivity contribution in [1.82, 2.24) is 0 Å². The Morgan fingerprint density at radius 3 is 2.00 bits per heavy atom. The van der Waals surface area contributed by atoms with E-state index in [0.29, 0.717) is 17.8 Å². The van der Waals surface area contributed by atoms with Gasteiger partial charge in [-0.3, -0.25) is 0 Å². The molecule has 3 aliphatic carbocycles. The van der Waals surface area contributed by atoms with Crippen LogP contribution in [0.25, 0.3) is 0 Å². The lowest BCUT2D eigenvalue weighted by molar-refractivity contribution is 0.0533. The Hall–Kier alpha value is -0.560. The summed E-state index contributed by atoms with van der Waals surface area (Å²) >= 11 is 0. The van der Waals surface area contributed by atoms with Crippen molar-refractivity contribution in [2.75, 3.05) is 7.11 Å². The zero-order chi connectivity index (χ0) is 6.77. The third kappa shape index (κ3) is 0.293. The molecular weight excluding hydrogens is 124 g/mol. The van der Waals surface area contributed by atoms with Crippen molar-refractivity contribution in [1.29, 1.82) is 0 Å². The molecule has 10 heavy (non-hydrogen) atoms. The highest BCUT2D eigenvalue weighted by Gasteiger charge is 2.70. The third-order valence-corrected chi connectivity index (χ3v) is 3.25. The molecule has 0 heterocycles. The average molecular weight is 134 g/mol. The SMILES string of the molecule is COC12C3C=CC1C2C=C3. The molecule has 1 saturated carbocycles. The maximum Gasteiger partial charge on any atom is 0.0913 e. The predicted molar refractivity (Wildman–Crippen MR) is 38.5 cm³/mol. The van der Waals surface area contributed by atoms with Crippen LogP contribution >= 0.6 is 0 Å². The van der Waals surface area contributed by atoms with Crippen LogP contribution in [0.5, 0.6) is 0 Å². The molecule has 0 N–H and O–H groups in total. The van der Waals surface area contributed by atoms with E-state index < -0.39 is 0 Å². The van der Waals surface area contributed by atoms with Crippen LogP contribution in [0.15, 0.2) is 24.3 Å². The molecule has 2 unspecified atom stereocenters. The fraction of sp³-hybridized carbons (Fsp3) is 0.556. The topological polar surface area (TPSA) is 9.23 Å². The predicted octanol–water partition coefficient (Wildman–Crippen LogP) is 1.37. The van der Waals surface area contributed by atoms with Crippen molar-refractivity contribution < 1.29 is 4.74 Å². The van der Waals surface area contributed by atoms with Gasteiger partial charge in [0.1, 0.15) is 0 Å². The molecule has 0 saturated heterocycles. The molecule has 1 heteroatoms. The first-order valence-electron chi connectivity index (χ1n) is 3.81. The van der Waals surface area contributed by atoms with Gasteiger partial charge in [-0.2, -0.15) is 0 Å². The summed E-state index contributed by atoms with van der Waals surface area (Å²) in [4.78, 5) is 0. The van der Waals surface area contributed by atoms with Crippen LogP contribution in [0.2, 0.25) is 0 Å². The molecule has 0 aromatic carbocycles. The Kier molecular flexibility index (Phi) is 0.635. The second kappa shape index (κ2) is 1.24. The molecule has 0 radical (unpaired) electrons. The largest absolute Gasteiger partial charge is 0.376 e. The van der Waals surface area contributed by atoms with E-state index in [0.717, 1.165) is 0 Å². The molecule has 0 aromatic rings. The minimum atomic E-state index is 0.208. The normalized spacial score (nSPS) is 59.5. The molecule has 2 atom stereocenters. The molecule has 1 fully saturated rings. The van der Waals surface area contributed by atoms with Gasteiger partial charge in [0.05, 0.1) is 5.60 Å². The summed E-state index contributed by atoms with van der Waals surface area (Å²) < 4.78 is 5.53. The fourth-order valence-electron chi connectivity index (χ4n) is 2.68. The van der Waals surface area contributed by atoms with Crippen LogP contribution in [0.1, 0.15) is 0 Å². The molecule has 0 bridgehead atoms. The Morgan fingerprint density at radius 2 is 1.70 bits per heavy atom. The minimum Gasteiger partial charge on any atom is -0.376 e. The van der Waals surface area contributed by atoms with Gasteiger partial charge in [0, 0.05) is 24.9 Å². The van der Waals surface area contributed by atoms with Gasteiger partial charge >= 0.3 is 0 Å². The summed E-state index contributed by atoms with van der Waals surface area (Å²) in [6, 6.07) is 0. The Balaban J connectivity index is 2.11. The summed E-state index contributed by atoms with van der Waals surface area (Å²) in [5.74, 6) is 2.02. The highest BCUT2D eigenvalue weighted by atomic mass is 16.5. The summed E-state index contributed by atoms with van der Waals surface area (Å²) in [7, 11) is 1.83. The van der Waals surface area contributed by atoms with Crippen LogP contribution in [0, 0.1) is 17.8 Å². The first-order chi connectivity index (χ1) is 4.89. The van der Waals surface area contributed by atoms with Crippen LogP contribution < -0.4 is 0 Å². The molecule has 0 spiro atoms. The van der Waals surface area contributed by atoms with Gasteiger partial charge in [-0.15, -0.1) is 0 Å². The average Bonchev–Trinajstić information content (AvgIpc) is 2.34. The number of hydrogen-bond acceptors (Lipinski definition) is 1. The fourth-order valence-corrected chi connectivity index (χ4v) is 2.68. The van der Waals surface area contributed by atoms with Crippen LogP contribution in [-0.2, 0) is 4.74 Å². The molecule has 3 aliphatic rings. The van der Waals surface area contributed by atoms with Crippen LogP contribution in [-0.4, -0.2) is 12.7 Å². The van der Waals surface area contributed by atoms with Crippen molar-refractivity contribution in [3.05, 3.63) is 24.3 Å². The van der Waals surface area contributed by atoms with Crippen molar-refractivity contribution in [2.24, 2.45) is 17.8 Å². The van der Waals surface area contributed by atoms with Gasteiger partial charge in [0.25, 0.3) is 0 Å². The van der Waals surface area contributed by atoms with Gasteiger partial charge in [0.15, 0.2) is 0 Å². The molecular formula is C9H10O. The molecule has 52 valence electrons. The molecule has 0 amide bonds. The summed E-state index contributed by atoms with van der Waals surface area (Å²) in [5.41, 5.74) is 0.208. The van der Waals surface area contributed by atoms with Gasteiger partial charge < -0.3 is 4.74 Å². The van der Waals surface area contributed by atoms with Gasteiger partial charge in [-0.05, 0) is 0 Å². The van der Waals surface area contributed by atoms with Gasteiger partial charge in [-0.1, -0.05) is 24.3 Å². The van der Waals surface area contributed by atoms with Crippen molar-refractivity contribution in [3.8, 4) is 0 Å². The monoisotopic (exact) mass is 134 g/mol. The number of fused-ring (bicyclic) bond motifs is 1. The van der Waals surface area contributed by atoms with E-state index in [1.807, 2.05) is 7.11 Å². The molecule has 0 aliphatic heterocycles. The lowest BCUT2D eigenvalue weighted by atomic mass is 10.1. The molecule has 0 aromatic heterocycles. The molecule has 3 rings (SSSR count). The van der Waals surface area contributed by atoms with Crippen LogP contribution in [0.4, 0.5) is 0 Å². The lowest BCUT2D eigenvalue weighted by Gasteiger charge is -2.14. The van der Waals surface area contributed by atoms with E-state index >= 15 is 0 Å². The zero-order valence-corrected chi connectivity index (χ0v) is 5.95. The van der Waals surface area contributed by atoms with Crippen molar-refractivity contribution in [3.63, 3.8) is 0 Å². The van der Waals surface area contributed by atoms with Crippen molar-refractivity contribution in [2.45, 2.75) is 5.60 Å². The van der Waals surface area contributed by atoms with E-state index in [9.17, 15) is 0 Å². The Labute approximate surface area is 60.4 Å². The smallest absolute Gasteiger partial charge is 0.0913 e. The van der Waals surface area contributed by atoms with Gasteiger partial charge in [0.2, 0.25) is 0 Å². The number of rotatable bonds is 1. The number of hydrogen-bond donors (Lipinski definition) is 0. The molecule has 1 nitrogen and oxygen atoms in total. The first kappa shape index (κ1) is 5.14.